The number of aromatic nitrogens is 1. The Morgan fingerprint density at radius 1 is 1.23 bits per heavy atom. The number of rotatable bonds is 7. The van der Waals surface area contributed by atoms with Crippen LogP contribution in [0, 0.1) is 11.8 Å². The van der Waals surface area contributed by atoms with Gasteiger partial charge in [0.2, 0.25) is 15.5 Å². The van der Waals surface area contributed by atoms with Gasteiger partial charge in [0, 0.05) is 44.4 Å². The molecule has 1 aromatic carbocycles. The van der Waals surface area contributed by atoms with Gasteiger partial charge in [-0.25, -0.2) is 8.42 Å². The Morgan fingerprint density at radius 2 is 1.87 bits per heavy atom. The van der Waals surface area contributed by atoms with Crippen LogP contribution in [0.4, 0.5) is 0 Å². The number of amides is 1. The van der Waals surface area contributed by atoms with Gasteiger partial charge in [-0.2, -0.15) is 4.31 Å². The van der Waals surface area contributed by atoms with Gasteiger partial charge >= 0.3 is 0 Å². The summed E-state index contributed by atoms with van der Waals surface area (Å²) in [5.41, 5.74) is -0.212. The predicted molar refractivity (Wildman–Crippen MR) is 116 cm³/mol. The van der Waals surface area contributed by atoms with E-state index in [9.17, 15) is 18.0 Å². The smallest absolute Gasteiger partial charge is 0.256 e. The molecular weight excluding hydrogens is 422 g/mol. The number of ether oxygens (including phenoxy) is 2. The summed E-state index contributed by atoms with van der Waals surface area (Å²) >= 11 is 0. The second-order valence-corrected chi connectivity index (χ2v) is 10.1. The minimum atomic E-state index is -3.75. The summed E-state index contributed by atoms with van der Waals surface area (Å²) in [6, 6.07) is 4.38. The third-order valence-electron chi connectivity index (χ3n) is 5.53. The number of methoxy groups -OCH3 is 2. The van der Waals surface area contributed by atoms with Crippen molar-refractivity contribution in [3.8, 4) is 0 Å². The molecule has 3 rings (SSSR count). The third kappa shape index (κ3) is 4.98. The number of fused-ring (bicyclic) bond motifs is 1. The number of nitrogens with zero attached hydrogens (tertiary/aromatic N) is 1. The molecule has 9 nitrogen and oxygen atoms in total. The molecule has 170 valence electrons. The fourth-order valence-corrected chi connectivity index (χ4v) is 5.72. The van der Waals surface area contributed by atoms with Crippen molar-refractivity contribution >= 4 is 26.8 Å². The maximum absolute atomic E-state index is 13.2. The molecule has 2 unspecified atom stereocenters. The first-order valence-electron chi connectivity index (χ1n) is 10.2. The number of benzene rings is 1. The normalized spacial score (nSPS) is 20.3. The van der Waals surface area contributed by atoms with E-state index in [1.165, 1.54) is 36.9 Å². The maximum atomic E-state index is 13.2. The Balaban J connectivity index is 1.93. The predicted octanol–water partition coefficient (Wildman–Crippen LogP) is 1.54. The van der Waals surface area contributed by atoms with E-state index in [4.69, 9.17) is 9.47 Å². The molecule has 1 saturated heterocycles. The highest BCUT2D eigenvalue weighted by Crippen LogP contribution is 2.27. The van der Waals surface area contributed by atoms with E-state index in [1.807, 2.05) is 13.8 Å². The second-order valence-electron chi connectivity index (χ2n) is 8.12. The highest BCUT2D eigenvalue weighted by atomic mass is 32.2. The van der Waals surface area contributed by atoms with Crippen LogP contribution in [0.2, 0.25) is 0 Å². The second kappa shape index (κ2) is 9.47. The minimum absolute atomic E-state index is 0.0446. The summed E-state index contributed by atoms with van der Waals surface area (Å²) in [5, 5.41) is 2.72. The number of aromatic amines is 1. The van der Waals surface area contributed by atoms with Crippen LogP contribution in [0.1, 0.15) is 30.6 Å². The molecule has 1 aliphatic rings. The van der Waals surface area contributed by atoms with Crippen LogP contribution in [-0.2, 0) is 19.5 Å². The van der Waals surface area contributed by atoms with E-state index in [-0.39, 0.29) is 34.2 Å². The Morgan fingerprint density at radius 3 is 2.48 bits per heavy atom. The van der Waals surface area contributed by atoms with Gasteiger partial charge in [-0.3, -0.25) is 9.59 Å². The lowest BCUT2D eigenvalue weighted by molar-refractivity contribution is -0.0974. The minimum Gasteiger partial charge on any atom is -0.360 e. The number of pyridine rings is 1. The van der Waals surface area contributed by atoms with Crippen LogP contribution < -0.4 is 10.7 Å². The molecule has 31 heavy (non-hydrogen) atoms. The quantitative estimate of drug-likeness (QED) is 0.617. The number of nitrogens with one attached hydrogen (secondary N) is 2. The number of piperidine rings is 1. The summed E-state index contributed by atoms with van der Waals surface area (Å²) in [7, 11) is -0.872. The monoisotopic (exact) mass is 451 g/mol. The molecule has 2 N–H and O–H groups in total. The first kappa shape index (κ1) is 23.4. The molecule has 1 aliphatic heterocycles. The zero-order chi connectivity index (χ0) is 22.8. The van der Waals surface area contributed by atoms with Crippen molar-refractivity contribution in [2.24, 2.45) is 11.8 Å². The SMILES string of the molecule is COC(CNC(=O)c1c[nH]c2ccc(S(=O)(=O)N3CC(C)CC(C)C3)cc2c1=O)OC. The Kier molecular flexibility index (Phi) is 7.15. The van der Waals surface area contributed by atoms with Crippen molar-refractivity contribution in [2.45, 2.75) is 31.5 Å². The molecule has 2 heterocycles. The molecule has 1 aromatic heterocycles. The molecule has 2 atom stereocenters. The molecule has 0 radical (unpaired) electrons. The fraction of sp³-hybridized carbons (Fsp3) is 0.524. The van der Waals surface area contributed by atoms with Gasteiger partial charge in [-0.1, -0.05) is 13.8 Å². The molecule has 0 saturated carbocycles. The number of sulfonamides is 1. The number of hydrogen-bond acceptors (Lipinski definition) is 6. The van der Waals surface area contributed by atoms with Crippen molar-refractivity contribution in [1.29, 1.82) is 0 Å². The highest BCUT2D eigenvalue weighted by Gasteiger charge is 2.32. The summed E-state index contributed by atoms with van der Waals surface area (Å²) in [5.74, 6) is -0.0735. The van der Waals surface area contributed by atoms with Crippen molar-refractivity contribution in [1.82, 2.24) is 14.6 Å². The standard InChI is InChI=1S/C21H29N3O6S/c1-13-7-14(2)12-24(11-13)31(27,28)15-5-6-18-16(8-15)20(25)17(9-22-18)21(26)23-10-19(29-3)30-4/h5-6,8-9,13-14,19H,7,10-12H2,1-4H3,(H,22,25)(H,23,26). The largest absolute Gasteiger partial charge is 0.360 e. The molecule has 1 fully saturated rings. The van der Waals surface area contributed by atoms with Crippen molar-refractivity contribution < 1.29 is 22.7 Å². The van der Waals surface area contributed by atoms with Crippen LogP contribution >= 0.6 is 0 Å². The van der Waals surface area contributed by atoms with E-state index in [1.54, 1.807) is 6.07 Å². The Labute approximate surface area is 181 Å². The van der Waals surface area contributed by atoms with Crippen LogP contribution in [0.3, 0.4) is 0 Å². The van der Waals surface area contributed by atoms with Gasteiger partial charge < -0.3 is 19.8 Å². The van der Waals surface area contributed by atoms with Gasteiger partial charge in [-0.15, -0.1) is 0 Å². The molecule has 10 heteroatoms. The summed E-state index contributed by atoms with van der Waals surface area (Å²) in [6.07, 6.45) is 1.65. The van der Waals surface area contributed by atoms with E-state index < -0.39 is 27.6 Å². The zero-order valence-corrected chi connectivity index (χ0v) is 19.0. The maximum Gasteiger partial charge on any atom is 0.256 e. The number of hydrogen-bond donors (Lipinski definition) is 2. The number of carbonyl (C=O) groups is 1. The fourth-order valence-electron chi connectivity index (χ4n) is 4.01. The van der Waals surface area contributed by atoms with Gasteiger partial charge in [0.1, 0.15) is 5.56 Å². The number of H-pyrrole nitrogens is 1. The van der Waals surface area contributed by atoms with Crippen LogP contribution in [-0.4, -0.2) is 63.8 Å². The zero-order valence-electron chi connectivity index (χ0n) is 18.2. The third-order valence-corrected chi connectivity index (χ3v) is 7.35. The van der Waals surface area contributed by atoms with Crippen LogP contribution in [0.15, 0.2) is 34.1 Å². The van der Waals surface area contributed by atoms with E-state index in [0.29, 0.717) is 18.6 Å². The first-order valence-corrected chi connectivity index (χ1v) is 11.6. The average Bonchev–Trinajstić information content (AvgIpc) is 2.73. The molecule has 1 amide bonds. The van der Waals surface area contributed by atoms with Crippen LogP contribution in [0.5, 0.6) is 0 Å². The van der Waals surface area contributed by atoms with Crippen molar-refractivity contribution in [2.75, 3.05) is 33.9 Å². The molecule has 2 aromatic rings. The average molecular weight is 452 g/mol. The lowest BCUT2D eigenvalue weighted by Gasteiger charge is -2.34. The van der Waals surface area contributed by atoms with Crippen LogP contribution in [0.25, 0.3) is 10.9 Å². The van der Waals surface area contributed by atoms with Gasteiger partial charge in [-0.05, 0) is 36.5 Å². The Bertz CT molecular complexity index is 1100. The summed E-state index contributed by atoms with van der Waals surface area (Å²) < 4.78 is 37.9. The van der Waals surface area contributed by atoms with Gasteiger partial charge in [0.15, 0.2) is 6.29 Å². The van der Waals surface area contributed by atoms with E-state index in [0.717, 1.165) is 6.42 Å². The van der Waals surface area contributed by atoms with E-state index in [2.05, 4.69) is 10.3 Å². The summed E-state index contributed by atoms with van der Waals surface area (Å²) in [6.45, 7) is 5.02. The van der Waals surface area contributed by atoms with Crippen molar-refractivity contribution in [3.63, 3.8) is 0 Å². The van der Waals surface area contributed by atoms with Crippen molar-refractivity contribution in [3.05, 3.63) is 40.2 Å². The topological polar surface area (TPSA) is 118 Å². The van der Waals surface area contributed by atoms with Gasteiger partial charge in [0.25, 0.3) is 5.91 Å². The lowest BCUT2D eigenvalue weighted by Crippen LogP contribution is -2.42. The van der Waals surface area contributed by atoms with Gasteiger partial charge in [0.05, 0.1) is 11.4 Å². The molecule has 0 bridgehead atoms. The lowest BCUT2D eigenvalue weighted by atomic mass is 9.94. The summed E-state index contributed by atoms with van der Waals surface area (Å²) in [4.78, 5) is 28.4. The Hall–Kier alpha value is -2.27. The molecule has 0 aliphatic carbocycles. The van der Waals surface area contributed by atoms with E-state index >= 15 is 0 Å². The number of carbonyl (C=O) groups excluding carboxylic acids is 1. The highest BCUT2D eigenvalue weighted by molar-refractivity contribution is 7.89. The molecule has 0 spiro atoms. The first-order chi connectivity index (χ1) is 14.7. The molecular formula is C21H29N3O6S.